The van der Waals surface area contributed by atoms with Crippen LogP contribution in [0, 0.1) is 5.92 Å². The van der Waals surface area contributed by atoms with E-state index < -0.39 is 5.97 Å². The van der Waals surface area contributed by atoms with E-state index in [4.69, 9.17) is 5.11 Å². The van der Waals surface area contributed by atoms with Gasteiger partial charge in [0.15, 0.2) is 0 Å². The van der Waals surface area contributed by atoms with Gasteiger partial charge in [-0.05, 0) is 19.8 Å². The van der Waals surface area contributed by atoms with E-state index >= 15 is 0 Å². The number of carbonyl (C=O) groups excluding carboxylic acids is 1. The second-order valence-corrected chi connectivity index (χ2v) is 2.77. The van der Waals surface area contributed by atoms with Gasteiger partial charge in [0.2, 0.25) is 5.91 Å². The van der Waals surface area contributed by atoms with Crippen LogP contribution in [-0.2, 0) is 9.59 Å². The average molecular weight is 169 g/mol. The molecule has 4 nitrogen and oxygen atoms in total. The molecule has 0 aliphatic heterocycles. The summed E-state index contributed by atoms with van der Waals surface area (Å²) in [6.45, 7) is 1.58. The van der Waals surface area contributed by atoms with Gasteiger partial charge >= 0.3 is 5.97 Å². The van der Waals surface area contributed by atoms with E-state index in [9.17, 15) is 9.59 Å². The van der Waals surface area contributed by atoms with E-state index in [1.165, 1.54) is 6.08 Å². The zero-order valence-electron chi connectivity index (χ0n) is 6.83. The quantitative estimate of drug-likeness (QED) is 0.604. The second-order valence-electron chi connectivity index (χ2n) is 2.77. The molecule has 0 aromatic heterocycles. The van der Waals surface area contributed by atoms with Gasteiger partial charge in [-0.25, -0.2) is 4.79 Å². The van der Waals surface area contributed by atoms with Crippen LogP contribution >= 0.6 is 0 Å². The number of nitrogens with one attached hydrogen (secondary N) is 1. The van der Waals surface area contributed by atoms with Gasteiger partial charge in [-0.15, -0.1) is 0 Å². The summed E-state index contributed by atoms with van der Waals surface area (Å²) in [5.74, 6) is -1.23. The van der Waals surface area contributed by atoms with Gasteiger partial charge in [0.05, 0.1) is 0 Å². The van der Waals surface area contributed by atoms with E-state index in [-0.39, 0.29) is 17.5 Å². The number of hydrogen-bond acceptors (Lipinski definition) is 2. The van der Waals surface area contributed by atoms with Crippen LogP contribution in [0.15, 0.2) is 11.8 Å². The second kappa shape index (κ2) is 3.38. The lowest BCUT2D eigenvalue weighted by Gasteiger charge is -2.02. The Labute approximate surface area is 70.3 Å². The third kappa shape index (κ3) is 2.08. The van der Waals surface area contributed by atoms with E-state index in [2.05, 4.69) is 5.32 Å². The molecule has 0 heterocycles. The van der Waals surface area contributed by atoms with Gasteiger partial charge in [0.25, 0.3) is 0 Å². The third-order valence-electron chi connectivity index (χ3n) is 1.73. The minimum absolute atomic E-state index is 0.0353. The molecule has 4 heteroatoms. The molecule has 0 spiro atoms. The summed E-state index contributed by atoms with van der Waals surface area (Å²) in [7, 11) is 0. The van der Waals surface area contributed by atoms with Crippen LogP contribution in [0.25, 0.3) is 0 Å². The molecule has 0 saturated heterocycles. The summed E-state index contributed by atoms with van der Waals surface area (Å²) in [5.41, 5.74) is -0.0353. The molecule has 1 amide bonds. The lowest BCUT2D eigenvalue weighted by molar-refractivity contribution is -0.134. The number of aliphatic carboxylic acids is 1. The van der Waals surface area contributed by atoms with Crippen molar-refractivity contribution in [3.63, 3.8) is 0 Å². The smallest absolute Gasteiger partial charge is 0.352 e. The molecule has 0 unspecified atom stereocenters. The van der Waals surface area contributed by atoms with Gasteiger partial charge in [-0.1, -0.05) is 6.08 Å². The molecule has 1 fully saturated rings. The highest BCUT2D eigenvalue weighted by Gasteiger charge is 2.30. The highest BCUT2D eigenvalue weighted by atomic mass is 16.4. The summed E-state index contributed by atoms with van der Waals surface area (Å²) in [4.78, 5) is 21.5. The van der Waals surface area contributed by atoms with Crippen LogP contribution in [-0.4, -0.2) is 17.0 Å². The third-order valence-corrected chi connectivity index (χ3v) is 1.73. The summed E-state index contributed by atoms with van der Waals surface area (Å²) in [5, 5.41) is 10.9. The topological polar surface area (TPSA) is 66.4 Å². The fourth-order valence-electron chi connectivity index (χ4n) is 0.829. The SMILES string of the molecule is C/C=C(/NC(=O)C1CC1)C(=O)O. The van der Waals surface area contributed by atoms with Crippen molar-refractivity contribution >= 4 is 11.9 Å². The lowest BCUT2D eigenvalue weighted by Crippen LogP contribution is -2.28. The van der Waals surface area contributed by atoms with Crippen LogP contribution in [0.2, 0.25) is 0 Å². The molecule has 2 N–H and O–H groups in total. The first kappa shape index (κ1) is 8.77. The molecule has 1 aliphatic rings. The predicted octanol–water partition coefficient (Wildman–Crippen LogP) is 0.501. The highest BCUT2D eigenvalue weighted by molar-refractivity contribution is 5.93. The van der Waals surface area contributed by atoms with E-state index in [0.29, 0.717) is 0 Å². The number of amides is 1. The number of allylic oxidation sites excluding steroid dienone is 1. The Kier molecular flexibility index (Phi) is 2.47. The number of hydrogen-bond donors (Lipinski definition) is 2. The molecule has 0 aromatic rings. The van der Waals surface area contributed by atoms with E-state index in [1.807, 2.05) is 0 Å². The summed E-state index contributed by atoms with van der Waals surface area (Å²) < 4.78 is 0. The van der Waals surface area contributed by atoms with Crippen LogP contribution in [0.1, 0.15) is 19.8 Å². The molecule has 1 aliphatic carbocycles. The fraction of sp³-hybridized carbons (Fsp3) is 0.500. The Bertz CT molecular complexity index is 241. The molecule has 0 aromatic carbocycles. The Morgan fingerprint density at radius 2 is 2.08 bits per heavy atom. The molecule has 1 rings (SSSR count). The van der Waals surface area contributed by atoms with Crippen molar-refractivity contribution in [2.45, 2.75) is 19.8 Å². The zero-order chi connectivity index (χ0) is 9.14. The maximum Gasteiger partial charge on any atom is 0.352 e. The molecule has 1 saturated carbocycles. The molecule has 66 valence electrons. The predicted molar refractivity (Wildman–Crippen MR) is 42.3 cm³/mol. The number of carbonyl (C=O) groups is 2. The number of rotatable bonds is 3. The Morgan fingerprint density at radius 1 is 1.50 bits per heavy atom. The van der Waals surface area contributed by atoms with Gasteiger partial charge in [-0.3, -0.25) is 4.79 Å². The minimum atomic E-state index is -1.09. The van der Waals surface area contributed by atoms with Gasteiger partial charge in [0.1, 0.15) is 5.70 Å². The number of carboxylic acids is 1. The first-order valence-corrected chi connectivity index (χ1v) is 3.85. The minimum Gasteiger partial charge on any atom is -0.477 e. The van der Waals surface area contributed by atoms with Crippen LogP contribution in [0.5, 0.6) is 0 Å². The summed E-state index contributed by atoms with van der Waals surface area (Å²) in [6.07, 6.45) is 3.13. The summed E-state index contributed by atoms with van der Waals surface area (Å²) in [6, 6.07) is 0. The molecule has 0 radical (unpaired) electrons. The molecular formula is C8H11NO3. The maximum absolute atomic E-state index is 11.1. The monoisotopic (exact) mass is 169 g/mol. The highest BCUT2D eigenvalue weighted by Crippen LogP contribution is 2.28. The van der Waals surface area contributed by atoms with Crippen molar-refractivity contribution in [3.05, 3.63) is 11.8 Å². The maximum atomic E-state index is 11.1. The Morgan fingerprint density at radius 3 is 2.42 bits per heavy atom. The van der Waals surface area contributed by atoms with Gasteiger partial charge < -0.3 is 10.4 Å². The van der Waals surface area contributed by atoms with E-state index in [1.54, 1.807) is 6.92 Å². The average Bonchev–Trinajstić information content (AvgIpc) is 2.80. The Balaban J connectivity index is 2.47. The van der Waals surface area contributed by atoms with Gasteiger partial charge in [0, 0.05) is 5.92 Å². The zero-order valence-corrected chi connectivity index (χ0v) is 6.83. The van der Waals surface area contributed by atoms with Crippen LogP contribution in [0.4, 0.5) is 0 Å². The van der Waals surface area contributed by atoms with Crippen molar-refractivity contribution in [3.8, 4) is 0 Å². The molecule has 0 bridgehead atoms. The standard InChI is InChI=1S/C8H11NO3/c1-2-6(8(11)12)9-7(10)5-3-4-5/h2,5H,3-4H2,1H3,(H,9,10)(H,11,12)/b6-2+. The van der Waals surface area contributed by atoms with Crippen molar-refractivity contribution in [2.24, 2.45) is 5.92 Å². The largest absolute Gasteiger partial charge is 0.477 e. The molecule has 0 atom stereocenters. The van der Waals surface area contributed by atoms with Crippen molar-refractivity contribution in [1.29, 1.82) is 0 Å². The Hall–Kier alpha value is -1.32. The normalized spacial score (nSPS) is 17.2. The van der Waals surface area contributed by atoms with Crippen LogP contribution < -0.4 is 5.32 Å². The van der Waals surface area contributed by atoms with Crippen molar-refractivity contribution in [1.82, 2.24) is 5.32 Å². The van der Waals surface area contributed by atoms with Gasteiger partial charge in [-0.2, -0.15) is 0 Å². The first-order valence-electron chi connectivity index (χ1n) is 3.85. The number of carboxylic acid groups (broad SMARTS) is 1. The fourth-order valence-corrected chi connectivity index (χ4v) is 0.829. The first-order chi connectivity index (χ1) is 5.65. The molecule has 12 heavy (non-hydrogen) atoms. The van der Waals surface area contributed by atoms with E-state index in [0.717, 1.165) is 12.8 Å². The van der Waals surface area contributed by atoms with Crippen molar-refractivity contribution in [2.75, 3.05) is 0 Å². The van der Waals surface area contributed by atoms with Crippen molar-refractivity contribution < 1.29 is 14.7 Å². The molecular weight excluding hydrogens is 158 g/mol. The lowest BCUT2D eigenvalue weighted by atomic mass is 10.3. The summed E-state index contributed by atoms with van der Waals surface area (Å²) >= 11 is 0. The van der Waals surface area contributed by atoms with Crippen LogP contribution in [0.3, 0.4) is 0 Å².